The normalized spacial score (nSPS) is 15.1. The van der Waals surface area contributed by atoms with Gasteiger partial charge in [-0.15, -0.1) is 0 Å². The molecule has 1 aliphatic heterocycles. The number of aryl methyl sites for hydroxylation is 1. The number of fused-ring (bicyclic) bond motifs is 1. The van der Waals surface area contributed by atoms with Gasteiger partial charge in [-0.25, -0.2) is 9.78 Å². The van der Waals surface area contributed by atoms with Crippen molar-refractivity contribution in [2.45, 2.75) is 5.92 Å². The minimum atomic E-state index is -0.613. The Balaban J connectivity index is 1.57. The first kappa shape index (κ1) is 21.3. The first-order valence-corrected chi connectivity index (χ1v) is 10.8. The first-order chi connectivity index (χ1) is 16.5. The summed E-state index contributed by atoms with van der Waals surface area (Å²) in [5.41, 5.74) is 4.92. The van der Waals surface area contributed by atoms with Gasteiger partial charge in [0.05, 0.1) is 24.1 Å². The molecular weight excluding hydrogens is 428 g/mol. The minimum Gasteiger partial charge on any atom is -0.465 e. The Morgan fingerprint density at radius 1 is 1.03 bits per heavy atom. The van der Waals surface area contributed by atoms with Crippen LogP contribution in [0.4, 0.5) is 11.4 Å². The summed E-state index contributed by atoms with van der Waals surface area (Å²) in [6, 6.07) is 22.5. The van der Waals surface area contributed by atoms with Crippen LogP contribution >= 0.6 is 0 Å². The molecule has 1 N–H and O–H groups in total. The summed E-state index contributed by atoms with van der Waals surface area (Å²) >= 11 is 0. The summed E-state index contributed by atoms with van der Waals surface area (Å²) in [6.07, 6.45) is 3.66. The van der Waals surface area contributed by atoms with Crippen LogP contribution in [0.1, 0.15) is 27.4 Å². The second-order valence-electron chi connectivity index (χ2n) is 7.99. The topological polar surface area (TPSA) is 85.6 Å². The molecule has 0 fully saturated rings. The quantitative estimate of drug-likeness (QED) is 0.352. The number of esters is 1. The second-order valence-corrected chi connectivity index (χ2v) is 7.99. The number of rotatable bonds is 5. The Labute approximate surface area is 196 Å². The highest BCUT2D eigenvalue weighted by Gasteiger charge is 2.36. The minimum absolute atomic E-state index is 0.191. The van der Waals surface area contributed by atoms with Crippen LogP contribution in [0.5, 0.6) is 0 Å². The van der Waals surface area contributed by atoms with Crippen molar-refractivity contribution < 1.29 is 14.3 Å². The molecule has 3 aromatic carbocycles. The van der Waals surface area contributed by atoms with Crippen LogP contribution in [0, 0.1) is 0 Å². The predicted molar refractivity (Wildman–Crippen MR) is 130 cm³/mol. The number of amides is 1. The van der Waals surface area contributed by atoms with E-state index >= 15 is 0 Å². The lowest BCUT2D eigenvalue weighted by molar-refractivity contribution is -0.115. The third kappa shape index (κ3) is 3.88. The van der Waals surface area contributed by atoms with Gasteiger partial charge in [0.25, 0.3) is 0 Å². The van der Waals surface area contributed by atoms with E-state index in [1.807, 2.05) is 72.4 Å². The SMILES string of the molecule is COC(=O)c1ccc2c(c1)NC(=O)C2C(=Nc1ccc(-c2nccn2C)cc1)c1ccccc1. The van der Waals surface area contributed by atoms with Gasteiger partial charge in [-0.1, -0.05) is 36.4 Å². The number of methoxy groups -OCH3 is 1. The fourth-order valence-corrected chi connectivity index (χ4v) is 4.15. The number of hydrogen-bond acceptors (Lipinski definition) is 5. The summed E-state index contributed by atoms with van der Waals surface area (Å²) in [5, 5.41) is 2.90. The fourth-order valence-electron chi connectivity index (χ4n) is 4.15. The maximum atomic E-state index is 13.1. The van der Waals surface area contributed by atoms with Crippen molar-refractivity contribution in [1.82, 2.24) is 9.55 Å². The van der Waals surface area contributed by atoms with E-state index in [0.29, 0.717) is 17.0 Å². The molecule has 1 amide bonds. The zero-order valence-corrected chi connectivity index (χ0v) is 18.7. The van der Waals surface area contributed by atoms with Crippen molar-refractivity contribution in [3.8, 4) is 11.4 Å². The van der Waals surface area contributed by atoms with E-state index in [1.54, 1.807) is 24.4 Å². The lowest BCUT2D eigenvalue weighted by Gasteiger charge is -2.14. The van der Waals surface area contributed by atoms with E-state index in [4.69, 9.17) is 9.73 Å². The Hall–Kier alpha value is -4.52. The van der Waals surface area contributed by atoms with Gasteiger partial charge in [0, 0.05) is 30.7 Å². The highest BCUT2D eigenvalue weighted by molar-refractivity contribution is 6.24. The molecule has 1 aromatic heterocycles. The number of nitrogens with one attached hydrogen (secondary N) is 1. The third-order valence-electron chi connectivity index (χ3n) is 5.84. The van der Waals surface area contributed by atoms with Crippen LogP contribution in [0.15, 0.2) is 90.2 Å². The van der Waals surface area contributed by atoms with Gasteiger partial charge in [0.1, 0.15) is 11.7 Å². The van der Waals surface area contributed by atoms with Crippen LogP contribution in [-0.2, 0) is 16.6 Å². The summed E-state index contributed by atoms with van der Waals surface area (Å²) in [7, 11) is 3.28. The molecule has 0 aliphatic carbocycles. The van der Waals surface area contributed by atoms with Crippen LogP contribution in [0.2, 0.25) is 0 Å². The molecule has 7 heteroatoms. The molecule has 5 rings (SSSR count). The zero-order chi connectivity index (χ0) is 23.7. The molecule has 0 saturated carbocycles. The Morgan fingerprint density at radius 2 is 1.79 bits per heavy atom. The molecule has 168 valence electrons. The fraction of sp³-hybridized carbons (Fsp3) is 0.111. The number of ether oxygens (including phenoxy) is 1. The summed E-state index contributed by atoms with van der Waals surface area (Å²) in [4.78, 5) is 34.4. The number of nitrogens with zero attached hydrogens (tertiary/aromatic N) is 3. The van der Waals surface area contributed by atoms with Crippen molar-refractivity contribution in [2.75, 3.05) is 12.4 Å². The van der Waals surface area contributed by atoms with E-state index in [2.05, 4.69) is 10.3 Å². The number of anilines is 1. The second kappa shape index (κ2) is 8.78. The molecule has 7 nitrogen and oxygen atoms in total. The van der Waals surface area contributed by atoms with E-state index in [0.717, 1.165) is 28.2 Å². The first-order valence-electron chi connectivity index (χ1n) is 10.8. The van der Waals surface area contributed by atoms with Gasteiger partial charge in [0.15, 0.2) is 0 Å². The number of imidazole rings is 1. The predicted octanol–water partition coefficient (Wildman–Crippen LogP) is 4.73. The van der Waals surface area contributed by atoms with Gasteiger partial charge in [-0.3, -0.25) is 9.79 Å². The van der Waals surface area contributed by atoms with Gasteiger partial charge in [-0.05, 0) is 47.5 Å². The molecule has 1 aliphatic rings. The summed E-state index contributed by atoms with van der Waals surface area (Å²) in [5.74, 6) is -0.392. The molecule has 1 atom stereocenters. The molecule has 1 unspecified atom stereocenters. The van der Waals surface area contributed by atoms with Crippen molar-refractivity contribution >= 4 is 29.0 Å². The Bertz CT molecular complexity index is 1410. The molecule has 0 spiro atoms. The molecule has 0 radical (unpaired) electrons. The lowest BCUT2D eigenvalue weighted by Crippen LogP contribution is -2.21. The standard InChI is InChI=1S/C27H22N4O3/c1-31-15-14-28-25(31)18-8-11-20(12-9-18)29-24(17-6-4-3-5-7-17)23-21-13-10-19(27(33)34-2)16-22(21)30-26(23)32/h3-16,23H,1-2H3,(H,30,32). The van der Waals surface area contributed by atoms with Crippen molar-refractivity contribution in [3.05, 3.63) is 102 Å². The largest absolute Gasteiger partial charge is 0.465 e. The van der Waals surface area contributed by atoms with Gasteiger partial charge in [-0.2, -0.15) is 0 Å². The maximum Gasteiger partial charge on any atom is 0.337 e. The average Bonchev–Trinajstić information content (AvgIpc) is 3.44. The Morgan fingerprint density at radius 3 is 2.47 bits per heavy atom. The number of carbonyl (C=O) groups is 2. The Kier molecular flexibility index (Phi) is 5.51. The van der Waals surface area contributed by atoms with Crippen LogP contribution < -0.4 is 5.32 Å². The number of benzene rings is 3. The third-order valence-corrected chi connectivity index (χ3v) is 5.84. The van der Waals surface area contributed by atoms with Gasteiger partial charge >= 0.3 is 5.97 Å². The molecule has 0 saturated heterocycles. The number of aliphatic imine (C=N–C) groups is 1. The van der Waals surface area contributed by atoms with Gasteiger partial charge in [0.2, 0.25) is 5.91 Å². The highest BCUT2D eigenvalue weighted by Crippen LogP contribution is 2.37. The smallest absolute Gasteiger partial charge is 0.337 e. The van der Waals surface area contributed by atoms with E-state index in [1.165, 1.54) is 7.11 Å². The molecule has 34 heavy (non-hydrogen) atoms. The van der Waals surface area contributed by atoms with E-state index in [-0.39, 0.29) is 5.91 Å². The van der Waals surface area contributed by atoms with Crippen molar-refractivity contribution in [1.29, 1.82) is 0 Å². The average molecular weight is 450 g/mol. The molecule has 4 aromatic rings. The molecule has 0 bridgehead atoms. The number of hydrogen-bond donors (Lipinski definition) is 1. The van der Waals surface area contributed by atoms with Gasteiger partial charge < -0.3 is 14.6 Å². The maximum absolute atomic E-state index is 13.1. The summed E-state index contributed by atoms with van der Waals surface area (Å²) in [6.45, 7) is 0. The van der Waals surface area contributed by atoms with E-state index < -0.39 is 11.9 Å². The monoisotopic (exact) mass is 450 g/mol. The van der Waals surface area contributed by atoms with E-state index in [9.17, 15) is 9.59 Å². The molecule has 2 heterocycles. The zero-order valence-electron chi connectivity index (χ0n) is 18.7. The van der Waals surface area contributed by atoms with Crippen molar-refractivity contribution in [2.24, 2.45) is 12.0 Å². The van der Waals surface area contributed by atoms with Crippen LogP contribution in [-0.4, -0.2) is 34.2 Å². The van der Waals surface area contributed by atoms with Crippen LogP contribution in [0.25, 0.3) is 11.4 Å². The summed E-state index contributed by atoms with van der Waals surface area (Å²) < 4.78 is 6.76. The van der Waals surface area contributed by atoms with Crippen molar-refractivity contribution in [3.63, 3.8) is 0 Å². The molecular formula is C27H22N4O3. The lowest BCUT2D eigenvalue weighted by atomic mass is 9.90. The number of carbonyl (C=O) groups excluding carboxylic acids is 2. The van der Waals surface area contributed by atoms with Crippen LogP contribution in [0.3, 0.4) is 0 Å². The number of aromatic nitrogens is 2. The highest BCUT2D eigenvalue weighted by atomic mass is 16.5.